The van der Waals surface area contributed by atoms with Crippen LogP contribution in [0.4, 0.5) is 0 Å². The van der Waals surface area contributed by atoms with Crippen molar-refractivity contribution in [2.24, 2.45) is 0 Å². The predicted octanol–water partition coefficient (Wildman–Crippen LogP) is 3.32. The van der Waals surface area contributed by atoms with Crippen molar-refractivity contribution in [1.82, 2.24) is 9.55 Å². The average Bonchev–Trinajstić information content (AvgIpc) is 3.15. The van der Waals surface area contributed by atoms with Gasteiger partial charge in [-0.2, -0.15) is 0 Å². The van der Waals surface area contributed by atoms with Crippen LogP contribution in [0.1, 0.15) is 26.0 Å². The molecule has 1 aromatic heterocycles. The first-order valence-corrected chi connectivity index (χ1v) is 10.7. The summed E-state index contributed by atoms with van der Waals surface area (Å²) >= 11 is 2.81. The fraction of sp³-hybridized carbons (Fsp3) is 0.421. The van der Waals surface area contributed by atoms with Gasteiger partial charge < -0.3 is 9.47 Å². The van der Waals surface area contributed by atoms with Crippen LogP contribution in [-0.4, -0.2) is 40.2 Å². The van der Waals surface area contributed by atoms with E-state index in [-0.39, 0.29) is 11.5 Å². The number of aromatic nitrogens is 2. The number of rotatable bonds is 7. The van der Waals surface area contributed by atoms with Gasteiger partial charge in [-0.15, -0.1) is 11.8 Å². The summed E-state index contributed by atoms with van der Waals surface area (Å²) in [5.41, 5.74) is 1.38. The van der Waals surface area contributed by atoms with Gasteiger partial charge in [0.05, 0.1) is 30.0 Å². The molecular weight excluding hydrogens is 384 g/mol. The normalized spacial score (nSPS) is 13.9. The van der Waals surface area contributed by atoms with Crippen molar-refractivity contribution in [2.75, 3.05) is 19.5 Å². The van der Waals surface area contributed by atoms with Crippen molar-refractivity contribution in [3.8, 4) is 11.4 Å². The minimum atomic E-state index is -0.416. The number of fused-ring (bicyclic) bond motifs is 1. The largest absolute Gasteiger partial charge is 0.497 e. The van der Waals surface area contributed by atoms with E-state index in [0.717, 1.165) is 17.9 Å². The van der Waals surface area contributed by atoms with Crippen LogP contribution in [0.25, 0.3) is 5.69 Å². The molecule has 0 aliphatic carbocycles. The van der Waals surface area contributed by atoms with Crippen molar-refractivity contribution in [2.45, 2.75) is 42.0 Å². The number of hydrogen-bond acceptors (Lipinski definition) is 7. The molecule has 0 radical (unpaired) electrons. The second kappa shape index (κ2) is 8.84. The van der Waals surface area contributed by atoms with Gasteiger partial charge >= 0.3 is 5.97 Å². The van der Waals surface area contributed by atoms with E-state index in [0.29, 0.717) is 34.5 Å². The van der Waals surface area contributed by atoms with E-state index in [2.05, 4.69) is 0 Å². The summed E-state index contributed by atoms with van der Waals surface area (Å²) < 4.78 is 12.0. The lowest BCUT2D eigenvalue weighted by Crippen LogP contribution is -2.26. The van der Waals surface area contributed by atoms with Crippen molar-refractivity contribution in [3.05, 3.63) is 40.3 Å². The zero-order valence-electron chi connectivity index (χ0n) is 15.6. The molecule has 0 saturated carbocycles. The maximum atomic E-state index is 13.2. The van der Waals surface area contributed by atoms with Gasteiger partial charge in [0.2, 0.25) is 0 Å². The van der Waals surface area contributed by atoms with E-state index in [9.17, 15) is 9.59 Å². The first-order chi connectivity index (χ1) is 13.1. The summed E-state index contributed by atoms with van der Waals surface area (Å²) in [6, 6.07) is 7.29. The summed E-state index contributed by atoms with van der Waals surface area (Å²) in [4.78, 5) is 30.9. The van der Waals surface area contributed by atoms with Gasteiger partial charge in [-0.25, -0.2) is 4.98 Å². The molecule has 3 rings (SSSR count). The first kappa shape index (κ1) is 19.8. The Morgan fingerprint density at radius 1 is 1.41 bits per heavy atom. The number of nitrogens with zero attached hydrogens (tertiary/aromatic N) is 2. The molecule has 1 unspecified atom stereocenters. The number of carbonyl (C=O) groups is 1. The Labute approximate surface area is 166 Å². The van der Waals surface area contributed by atoms with Crippen LogP contribution in [0.2, 0.25) is 0 Å². The van der Waals surface area contributed by atoms with Crippen molar-refractivity contribution in [1.29, 1.82) is 0 Å². The van der Waals surface area contributed by atoms with Gasteiger partial charge in [-0.05, 0) is 25.5 Å². The Bertz CT molecular complexity index is 898. The molecule has 144 valence electrons. The lowest BCUT2D eigenvalue weighted by molar-refractivity contribution is -0.142. The van der Waals surface area contributed by atoms with Crippen LogP contribution >= 0.6 is 23.5 Å². The van der Waals surface area contributed by atoms with Gasteiger partial charge in [0.1, 0.15) is 11.0 Å². The molecule has 27 heavy (non-hydrogen) atoms. The van der Waals surface area contributed by atoms with Crippen molar-refractivity contribution < 1.29 is 14.3 Å². The molecular formula is C19H22N2O4S2. The van der Waals surface area contributed by atoms with Crippen molar-refractivity contribution in [3.63, 3.8) is 0 Å². The highest BCUT2D eigenvalue weighted by molar-refractivity contribution is 8.00. The molecule has 1 aromatic carbocycles. The van der Waals surface area contributed by atoms with Gasteiger partial charge in [0.15, 0.2) is 5.16 Å². The van der Waals surface area contributed by atoms with Crippen LogP contribution in [0.3, 0.4) is 0 Å². The number of aryl methyl sites for hydroxylation is 1. The van der Waals surface area contributed by atoms with Crippen LogP contribution < -0.4 is 10.3 Å². The second-order valence-electron chi connectivity index (χ2n) is 5.88. The number of carbonyl (C=O) groups excluding carboxylic acids is 1. The lowest BCUT2D eigenvalue weighted by atomic mass is 10.3. The number of ether oxygens (including phenoxy) is 2. The Morgan fingerprint density at radius 3 is 2.93 bits per heavy atom. The summed E-state index contributed by atoms with van der Waals surface area (Å²) in [5.74, 6) is 1.21. The maximum Gasteiger partial charge on any atom is 0.319 e. The molecule has 0 bridgehead atoms. The number of hydrogen-bond donors (Lipinski definition) is 0. The van der Waals surface area contributed by atoms with E-state index in [4.69, 9.17) is 14.5 Å². The Kier molecular flexibility index (Phi) is 6.49. The fourth-order valence-corrected chi connectivity index (χ4v) is 4.88. The highest BCUT2D eigenvalue weighted by atomic mass is 32.2. The molecule has 0 amide bonds. The summed E-state index contributed by atoms with van der Waals surface area (Å²) in [6.07, 6.45) is 1.35. The smallest absolute Gasteiger partial charge is 0.319 e. The average molecular weight is 407 g/mol. The Balaban J connectivity index is 2.10. The van der Waals surface area contributed by atoms with E-state index in [1.165, 1.54) is 23.5 Å². The SMILES string of the molecule is CCOC(=O)C(CC)Sc1nc2c(c(=O)n1-c1cccc(OC)c1)SCC2. The van der Waals surface area contributed by atoms with Gasteiger partial charge in [0.25, 0.3) is 5.56 Å². The number of thioether (sulfide) groups is 2. The summed E-state index contributed by atoms with van der Waals surface area (Å²) in [5, 5.41) is 0.0928. The monoisotopic (exact) mass is 406 g/mol. The third-order valence-electron chi connectivity index (χ3n) is 4.15. The molecule has 2 aromatic rings. The minimum absolute atomic E-state index is 0.100. The molecule has 0 saturated heterocycles. The number of methoxy groups -OCH3 is 1. The maximum absolute atomic E-state index is 13.2. The molecule has 0 fully saturated rings. The first-order valence-electron chi connectivity index (χ1n) is 8.85. The summed E-state index contributed by atoms with van der Waals surface area (Å²) in [6.45, 7) is 4.03. The highest BCUT2D eigenvalue weighted by Gasteiger charge is 2.27. The predicted molar refractivity (Wildman–Crippen MR) is 107 cm³/mol. The van der Waals surface area contributed by atoms with E-state index < -0.39 is 5.25 Å². The zero-order chi connectivity index (χ0) is 19.4. The van der Waals surface area contributed by atoms with Gasteiger partial charge in [-0.3, -0.25) is 14.2 Å². The zero-order valence-corrected chi connectivity index (χ0v) is 17.2. The topological polar surface area (TPSA) is 70.4 Å². The fourth-order valence-electron chi connectivity index (χ4n) is 2.81. The molecule has 6 nitrogen and oxygen atoms in total. The van der Waals surface area contributed by atoms with Crippen molar-refractivity contribution >= 4 is 29.5 Å². The number of esters is 1. The Hall–Kier alpha value is -1.93. The quantitative estimate of drug-likeness (QED) is 0.397. The van der Waals surface area contributed by atoms with E-state index in [1.54, 1.807) is 24.7 Å². The number of benzene rings is 1. The van der Waals surface area contributed by atoms with E-state index in [1.807, 2.05) is 25.1 Å². The molecule has 1 atom stereocenters. The molecule has 0 spiro atoms. The van der Waals surface area contributed by atoms with Gasteiger partial charge in [-0.1, -0.05) is 24.8 Å². The molecule has 8 heteroatoms. The summed E-state index contributed by atoms with van der Waals surface area (Å²) in [7, 11) is 1.59. The molecule has 2 heterocycles. The molecule has 1 aliphatic heterocycles. The van der Waals surface area contributed by atoms with Crippen LogP contribution in [0.15, 0.2) is 39.1 Å². The van der Waals surface area contributed by atoms with E-state index >= 15 is 0 Å². The second-order valence-corrected chi connectivity index (χ2v) is 8.15. The van der Waals surface area contributed by atoms with Crippen LogP contribution in [0, 0.1) is 0 Å². The third kappa shape index (κ3) is 4.16. The van der Waals surface area contributed by atoms with Gasteiger partial charge in [0, 0.05) is 18.2 Å². The molecule has 0 N–H and O–H groups in total. The van der Waals surface area contributed by atoms with Crippen LogP contribution in [-0.2, 0) is 16.0 Å². The third-order valence-corrected chi connectivity index (χ3v) is 6.55. The standard InChI is InChI=1S/C19H22N2O4S2/c1-4-15(18(23)25-5-2)27-19-20-14-9-10-26-16(14)17(22)21(19)12-7-6-8-13(11-12)24-3/h6-8,11,15H,4-5,9-10H2,1-3H3. The minimum Gasteiger partial charge on any atom is -0.497 e. The van der Waals surface area contributed by atoms with Crippen LogP contribution in [0.5, 0.6) is 5.75 Å². The Morgan fingerprint density at radius 2 is 2.22 bits per heavy atom. The highest BCUT2D eigenvalue weighted by Crippen LogP contribution is 2.32. The molecule has 1 aliphatic rings. The lowest BCUT2D eigenvalue weighted by Gasteiger charge is -2.18.